The smallest absolute Gasteiger partial charge is 0.161 e. The summed E-state index contributed by atoms with van der Waals surface area (Å²) in [6.07, 6.45) is 2.40. The molecule has 0 bridgehead atoms. The third-order valence-electron chi connectivity index (χ3n) is 3.52. The van der Waals surface area contributed by atoms with Gasteiger partial charge in [-0.2, -0.15) is 5.10 Å². The maximum absolute atomic E-state index is 13.4. The molecule has 0 fully saturated rings. The van der Waals surface area contributed by atoms with Gasteiger partial charge in [-0.15, -0.1) is 0 Å². The lowest BCUT2D eigenvalue weighted by Gasteiger charge is -2.21. The quantitative estimate of drug-likeness (QED) is 0.889. The molecular formula is C16H22FN3O. The predicted octanol–water partition coefficient (Wildman–Crippen LogP) is 3.11. The van der Waals surface area contributed by atoms with Crippen LogP contribution in [0.1, 0.15) is 37.2 Å². The molecule has 0 aliphatic rings. The number of hydrogen-bond acceptors (Lipinski definition) is 3. The maximum atomic E-state index is 13.4. The summed E-state index contributed by atoms with van der Waals surface area (Å²) in [5.41, 5.74) is 1.92. The Kier molecular flexibility index (Phi) is 4.96. The molecule has 0 amide bonds. The Bertz CT molecular complexity index is 595. The van der Waals surface area contributed by atoms with Gasteiger partial charge in [0.2, 0.25) is 0 Å². The van der Waals surface area contributed by atoms with Crippen molar-refractivity contribution in [2.45, 2.75) is 32.4 Å². The molecule has 1 unspecified atom stereocenters. The van der Waals surface area contributed by atoms with E-state index in [1.54, 1.807) is 25.4 Å². The number of halogens is 1. The van der Waals surface area contributed by atoms with E-state index in [1.807, 2.05) is 17.8 Å². The topological polar surface area (TPSA) is 39.1 Å². The van der Waals surface area contributed by atoms with Crippen LogP contribution in [0.3, 0.4) is 0 Å². The number of nitrogens with one attached hydrogen (secondary N) is 1. The minimum atomic E-state index is -0.216. The number of rotatable bonds is 6. The van der Waals surface area contributed by atoms with E-state index < -0.39 is 0 Å². The lowest BCUT2D eigenvalue weighted by atomic mass is 10.0. The Morgan fingerprint density at radius 1 is 1.38 bits per heavy atom. The Hall–Kier alpha value is -1.88. The minimum absolute atomic E-state index is 0.00616. The van der Waals surface area contributed by atoms with E-state index in [0.717, 1.165) is 17.0 Å². The van der Waals surface area contributed by atoms with Crippen LogP contribution in [-0.2, 0) is 6.42 Å². The Morgan fingerprint density at radius 3 is 2.71 bits per heavy atom. The van der Waals surface area contributed by atoms with E-state index in [9.17, 15) is 4.39 Å². The first-order chi connectivity index (χ1) is 10.1. The molecule has 1 aromatic carbocycles. The molecule has 0 saturated carbocycles. The van der Waals surface area contributed by atoms with Crippen LogP contribution in [0.2, 0.25) is 0 Å². The summed E-state index contributed by atoms with van der Waals surface area (Å²) in [5, 5.41) is 7.67. The van der Waals surface area contributed by atoms with Gasteiger partial charge in [0.15, 0.2) is 5.75 Å². The first kappa shape index (κ1) is 15.5. The van der Waals surface area contributed by atoms with E-state index >= 15 is 0 Å². The molecule has 0 spiro atoms. The third kappa shape index (κ3) is 3.42. The molecule has 0 aliphatic heterocycles. The van der Waals surface area contributed by atoms with Crippen LogP contribution in [0.15, 0.2) is 30.5 Å². The SMILES string of the molecule is CNC(Cc1cccc(F)c1)c1c(OC)cnn1C(C)C. The van der Waals surface area contributed by atoms with Gasteiger partial charge in [0.1, 0.15) is 5.82 Å². The summed E-state index contributed by atoms with van der Waals surface area (Å²) in [5.74, 6) is 0.533. The van der Waals surface area contributed by atoms with E-state index in [4.69, 9.17) is 4.74 Å². The average molecular weight is 291 g/mol. The summed E-state index contributed by atoms with van der Waals surface area (Å²) < 4.78 is 20.7. The number of benzene rings is 1. The van der Waals surface area contributed by atoms with Gasteiger partial charge in [0.25, 0.3) is 0 Å². The van der Waals surface area contributed by atoms with Gasteiger partial charge in [-0.25, -0.2) is 4.39 Å². The average Bonchev–Trinajstić information content (AvgIpc) is 2.88. The number of nitrogens with zero attached hydrogens (tertiary/aromatic N) is 2. The first-order valence-corrected chi connectivity index (χ1v) is 7.10. The molecule has 1 N–H and O–H groups in total. The Balaban J connectivity index is 2.35. The third-order valence-corrected chi connectivity index (χ3v) is 3.52. The molecule has 5 heteroatoms. The lowest BCUT2D eigenvalue weighted by molar-refractivity contribution is 0.388. The molecule has 0 radical (unpaired) electrons. The van der Waals surface area contributed by atoms with Crippen LogP contribution >= 0.6 is 0 Å². The number of hydrogen-bond donors (Lipinski definition) is 1. The van der Waals surface area contributed by atoms with Crippen LogP contribution in [-0.4, -0.2) is 23.9 Å². The summed E-state index contributed by atoms with van der Waals surface area (Å²) in [6.45, 7) is 4.15. The molecule has 1 heterocycles. The summed E-state index contributed by atoms with van der Waals surface area (Å²) in [7, 11) is 3.53. The highest BCUT2D eigenvalue weighted by molar-refractivity contribution is 5.31. The van der Waals surface area contributed by atoms with Crippen molar-refractivity contribution in [3.8, 4) is 5.75 Å². The zero-order valence-electron chi connectivity index (χ0n) is 12.9. The monoisotopic (exact) mass is 291 g/mol. The van der Waals surface area contributed by atoms with Crippen LogP contribution in [0.5, 0.6) is 5.75 Å². The van der Waals surface area contributed by atoms with E-state index in [2.05, 4.69) is 24.3 Å². The van der Waals surface area contributed by atoms with E-state index in [0.29, 0.717) is 6.42 Å². The highest BCUT2D eigenvalue weighted by Gasteiger charge is 2.22. The van der Waals surface area contributed by atoms with E-state index in [-0.39, 0.29) is 17.9 Å². The Labute approximate surface area is 124 Å². The molecular weight excluding hydrogens is 269 g/mol. The highest BCUT2D eigenvalue weighted by atomic mass is 19.1. The molecule has 4 nitrogen and oxygen atoms in total. The van der Waals surface area contributed by atoms with Crippen molar-refractivity contribution in [1.82, 2.24) is 15.1 Å². The van der Waals surface area contributed by atoms with Gasteiger partial charge in [0, 0.05) is 6.04 Å². The zero-order chi connectivity index (χ0) is 15.4. The molecule has 1 atom stereocenters. The van der Waals surface area contributed by atoms with Crippen LogP contribution in [0.25, 0.3) is 0 Å². The maximum Gasteiger partial charge on any atom is 0.161 e. The fourth-order valence-electron chi connectivity index (χ4n) is 2.49. The molecule has 0 aliphatic carbocycles. The fourth-order valence-corrected chi connectivity index (χ4v) is 2.49. The molecule has 2 aromatic rings. The summed E-state index contributed by atoms with van der Waals surface area (Å²) in [6, 6.07) is 6.91. The van der Waals surface area contributed by atoms with Crippen molar-refractivity contribution < 1.29 is 9.13 Å². The van der Waals surface area contributed by atoms with Crippen molar-refractivity contribution in [2.75, 3.05) is 14.2 Å². The normalized spacial score (nSPS) is 12.7. The first-order valence-electron chi connectivity index (χ1n) is 7.10. The predicted molar refractivity (Wildman–Crippen MR) is 81.1 cm³/mol. The van der Waals surface area contributed by atoms with Gasteiger partial charge in [-0.1, -0.05) is 12.1 Å². The minimum Gasteiger partial charge on any atom is -0.493 e. The van der Waals surface area contributed by atoms with Crippen molar-refractivity contribution in [3.63, 3.8) is 0 Å². The standard InChI is InChI=1S/C16H22FN3O/c1-11(2)20-16(15(21-4)10-19-20)14(18-3)9-12-6-5-7-13(17)8-12/h5-8,10-11,14,18H,9H2,1-4H3. The van der Waals surface area contributed by atoms with Gasteiger partial charge in [-0.05, 0) is 45.0 Å². The second-order valence-electron chi connectivity index (χ2n) is 5.31. The summed E-state index contributed by atoms with van der Waals surface area (Å²) in [4.78, 5) is 0. The van der Waals surface area contributed by atoms with Crippen molar-refractivity contribution >= 4 is 0 Å². The van der Waals surface area contributed by atoms with Crippen molar-refractivity contribution in [3.05, 3.63) is 47.5 Å². The van der Waals surface area contributed by atoms with Crippen molar-refractivity contribution in [2.24, 2.45) is 0 Å². The highest BCUT2D eigenvalue weighted by Crippen LogP contribution is 2.29. The number of aromatic nitrogens is 2. The molecule has 1 aromatic heterocycles. The number of likely N-dealkylation sites (N-methyl/N-ethyl adjacent to an activating group) is 1. The molecule has 21 heavy (non-hydrogen) atoms. The van der Waals surface area contributed by atoms with Gasteiger partial charge in [-0.3, -0.25) is 4.68 Å². The van der Waals surface area contributed by atoms with Gasteiger partial charge >= 0.3 is 0 Å². The summed E-state index contributed by atoms with van der Waals surface area (Å²) >= 11 is 0. The van der Waals surface area contributed by atoms with Gasteiger partial charge in [0.05, 0.1) is 25.0 Å². The number of methoxy groups -OCH3 is 1. The zero-order valence-corrected chi connectivity index (χ0v) is 12.9. The second-order valence-corrected chi connectivity index (χ2v) is 5.31. The van der Waals surface area contributed by atoms with Crippen LogP contribution in [0.4, 0.5) is 4.39 Å². The fraction of sp³-hybridized carbons (Fsp3) is 0.438. The lowest BCUT2D eigenvalue weighted by Crippen LogP contribution is -2.24. The second kappa shape index (κ2) is 6.72. The number of ether oxygens (including phenoxy) is 1. The molecule has 2 rings (SSSR count). The molecule has 0 saturated heterocycles. The van der Waals surface area contributed by atoms with Gasteiger partial charge < -0.3 is 10.1 Å². The van der Waals surface area contributed by atoms with Crippen LogP contribution in [0, 0.1) is 5.82 Å². The molecule has 114 valence electrons. The largest absolute Gasteiger partial charge is 0.493 e. The van der Waals surface area contributed by atoms with Crippen molar-refractivity contribution in [1.29, 1.82) is 0 Å². The van der Waals surface area contributed by atoms with Crippen LogP contribution < -0.4 is 10.1 Å². The Morgan fingerprint density at radius 2 is 2.14 bits per heavy atom. The van der Waals surface area contributed by atoms with E-state index in [1.165, 1.54) is 6.07 Å².